The summed E-state index contributed by atoms with van der Waals surface area (Å²) in [6.07, 6.45) is 6.30. The first-order valence-electron chi connectivity index (χ1n) is 10.1. The molecule has 0 amide bonds. The number of carbonyl (C=O) groups excluding carboxylic acids is 1. The average Bonchev–Trinajstić information content (AvgIpc) is 3.12. The number of methoxy groups -OCH3 is 2. The highest BCUT2D eigenvalue weighted by atomic mass is 16.8. The van der Waals surface area contributed by atoms with Gasteiger partial charge in [-0.15, -0.1) is 0 Å². The van der Waals surface area contributed by atoms with Crippen LogP contribution in [0.2, 0.25) is 0 Å². The van der Waals surface area contributed by atoms with Crippen LogP contribution in [-0.2, 0) is 23.7 Å². The van der Waals surface area contributed by atoms with Crippen LogP contribution in [0, 0.1) is 28.6 Å². The van der Waals surface area contributed by atoms with Crippen LogP contribution in [-0.4, -0.2) is 38.9 Å². The van der Waals surface area contributed by atoms with Crippen molar-refractivity contribution in [1.82, 2.24) is 0 Å². The normalized spacial score (nSPS) is 44.7. The summed E-state index contributed by atoms with van der Waals surface area (Å²) in [5.41, 5.74) is 1.93. The second-order valence-corrected chi connectivity index (χ2v) is 9.18. The van der Waals surface area contributed by atoms with Crippen LogP contribution in [0.25, 0.3) is 0 Å². The van der Waals surface area contributed by atoms with Gasteiger partial charge in [0, 0.05) is 37.0 Å². The maximum Gasteiger partial charge on any atom is 0.333 e. The van der Waals surface area contributed by atoms with Gasteiger partial charge in [-0.3, -0.25) is 0 Å². The summed E-state index contributed by atoms with van der Waals surface area (Å²) in [6.45, 7) is 8.35. The van der Waals surface area contributed by atoms with Crippen LogP contribution >= 0.6 is 0 Å². The van der Waals surface area contributed by atoms with Gasteiger partial charge in [0.05, 0.1) is 0 Å². The van der Waals surface area contributed by atoms with E-state index in [-0.39, 0.29) is 29.2 Å². The van der Waals surface area contributed by atoms with Gasteiger partial charge in [-0.25, -0.2) is 4.79 Å². The van der Waals surface area contributed by atoms with Gasteiger partial charge in [-0.2, -0.15) is 0 Å². The highest BCUT2D eigenvalue weighted by molar-refractivity contribution is 5.87. The van der Waals surface area contributed by atoms with E-state index < -0.39 is 6.29 Å². The zero-order valence-corrected chi connectivity index (χ0v) is 17.3. The van der Waals surface area contributed by atoms with E-state index in [0.717, 1.165) is 19.3 Å². The Morgan fingerprint density at radius 3 is 2.59 bits per heavy atom. The van der Waals surface area contributed by atoms with Crippen molar-refractivity contribution in [3.63, 3.8) is 0 Å². The molecule has 4 rings (SSSR count). The number of ether oxygens (including phenoxy) is 4. The van der Waals surface area contributed by atoms with Crippen molar-refractivity contribution in [1.29, 1.82) is 0 Å². The molecule has 2 bridgehead atoms. The van der Waals surface area contributed by atoms with Crippen molar-refractivity contribution in [2.24, 2.45) is 28.6 Å². The van der Waals surface area contributed by atoms with Gasteiger partial charge >= 0.3 is 5.97 Å². The molecule has 3 aliphatic carbocycles. The molecule has 150 valence electrons. The minimum atomic E-state index is -0.439. The number of esters is 1. The quantitative estimate of drug-likeness (QED) is 0.424. The molecular weight excluding hydrogens is 344 g/mol. The third-order valence-corrected chi connectivity index (χ3v) is 8.02. The Kier molecular flexibility index (Phi) is 4.56. The molecule has 2 saturated carbocycles. The Morgan fingerprint density at radius 1 is 1.22 bits per heavy atom. The first kappa shape index (κ1) is 19.2. The zero-order valence-electron chi connectivity index (χ0n) is 17.3. The molecule has 0 N–H and O–H groups in total. The van der Waals surface area contributed by atoms with E-state index in [9.17, 15) is 4.79 Å². The summed E-state index contributed by atoms with van der Waals surface area (Å²) >= 11 is 0. The Bertz CT molecular complexity index is 693. The molecule has 1 heterocycles. The van der Waals surface area contributed by atoms with Gasteiger partial charge < -0.3 is 18.9 Å². The number of fused-ring (bicyclic) bond motifs is 1. The van der Waals surface area contributed by atoms with Gasteiger partial charge in [0.2, 0.25) is 0 Å². The fraction of sp³-hybridized carbons (Fsp3) is 0.773. The lowest BCUT2D eigenvalue weighted by Crippen LogP contribution is -2.52. The molecule has 7 atom stereocenters. The lowest BCUT2D eigenvalue weighted by molar-refractivity contribution is -0.276. The van der Waals surface area contributed by atoms with Crippen LogP contribution in [0.4, 0.5) is 0 Å². The monoisotopic (exact) mass is 376 g/mol. The van der Waals surface area contributed by atoms with E-state index in [2.05, 4.69) is 19.9 Å². The maximum absolute atomic E-state index is 12.5. The topological polar surface area (TPSA) is 54.0 Å². The van der Waals surface area contributed by atoms with Crippen LogP contribution < -0.4 is 0 Å². The molecule has 27 heavy (non-hydrogen) atoms. The van der Waals surface area contributed by atoms with Gasteiger partial charge in [0.15, 0.2) is 12.6 Å². The number of allylic oxidation sites excluding steroid dienone is 1. The minimum Gasteiger partial charge on any atom is -0.454 e. The molecule has 4 aliphatic rings. The summed E-state index contributed by atoms with van der Waals surface area (Å²) in [4.78, 5) is 12.5. The van der Waals surface area contributed by atoms with Gasteiger partial charge in [-0.1, -0.05) is 19.9 Å². The summed E-state index contributed by atoms with van der Waals surface area (Å²) < 4.78 is 23.6. The van der Waals surface area contributed by atoms with E-state index in [1.165, 1.54) is 5.57 Å². The summed E-state index contributed by atoms with van der Waals surface area (Å²) in [7, 11) is 3.40. The van der Waals surface area contributed by atoms with Crippen molar-refractivity contribution in [2.45, 2.75) is 65.6 Å². The number of carbonyl (C=O) groups is 1. The molecule has 5 heteroatoms. The lowest BCUT2D eigenvalue weighted by Gasteiger charge is -2.50. The Labute approximate surface area is 162 Å². The van der Waals surface area contributed by atoms with Gasteiger partial charge in [0.25, 0.3) is 0 Å². The number of hydrogen-bond acceptors (Lipinski definition) is 5. The predicted molar refractivity (Wildman–Crippen MR) is 101 cm³/mol. The second kappa shape index (κ2) is 6.43. The molecule has 0 radical (unpaired) electrons. The van der Waals surface area contributed by atoms with Crippen molar-refractivity contribution in [3.05, 3.63) is 23.3 Å². The van der Waals surface area contributed by atoms with Crippen LogP contribution in [0.3, 0.4) is 0 Å². The third-order valence-electron chi connectivity index (χ3n) is 8.02. The largest absolute Gasteiger partial charge is 0.454 e. The molecule has 1 spiro atoms. The molecule has 0 aromatic rings. The fourth-order valence-electron chi connectivity index (χ4n) is 6.68. The summed E-state index contributed by atoms with van der Waals surface area (Å²) in [5.74, 6) is 0.927. The fourth-order valence-corrected chi connectivity index (χ4v) is 6.68. The van der Waals surface area contributed by atoms with Gasteiger partial charge in [-0.05, 0) is 56.1 Å². The average molecular weight is 376 g/mol. The molecule has 3 fully saturated rings. The molecule has 1 aliphatic heterocycles. The van der Waals surface area contributed by atoms with Crippen molar-refractivity contribution >= 4 is 5.97 Å². The van der Waals surface area contributed by atoms with E-state index in [1.54, 1.807) is 27.2 Å². The minimum absolute atomic E-state index is 0.0340. The summed E-state index contributed by atoms with van der Waals surface area (Å²) in [6, 6.07) is 0. The van der Waals surface area contributed by atoms with E-state index in [1.807, 2.05) is 6.92 Å². The Morgan fingerprint density at radius 2 is 1.96 bits per heavy atom. The Balaban J connectivity index is 1.79. The van der Waals surface area contributed by atoms with Crippen LogP contribution in [0.15, 0.2) is 23.3 Å². The highest BCUT2D eigenvalue weighted by Gasteiger charge is 2.72. The highest BCUT2D eigenvalue weighted by Crippen LogP contribution is 2.74. The first-order valence-corrected chi connectivity index (χ1v) is 10.1. The smallest absolute Gasteiger partial charge is 0.333 e. The molecule has 7 unspecified atom stereocenters. The Hall–Kier alpha value is -1.17. The molecule has 0 aromatic heterocycles. The third kappa shape index (κ3) is 2.44. The lowest BCUT2D eigenvalue weighted by atomic mass is 9.63. The van der Waals surface area contributed by atoms with Crippen LogP contribution in [0.1, 0.15) is 47.0 Å². The molecule has 0 aromatic carbocycles. The second-order valence-electron chi connectivity index (χ2n) is 9.18. The zero-order chi connectivity index (χ0) is 19.6. The van der Waals surface area contributed by atoms with Crippen LogP contribution in [0.5, 0.6) is 0 Å². The van der Waals surface area contributed by atoms with Crippen molar-refractivity contribution in [2.75, 3.05) is 14.2 Å². The van der Waals surface area contributed by atoms with E-state index in [4.69, 9.17) is 18.9 Å². The number of hydrogen-bond donors (Lipinski definition) is 0. The molecule has 1 saturated heterocycles. The number of rotatable bonds is 4. The predicted octanol–water partition coefficient (Wildman–Crippen LogP) is 3.84. The van der Waals surface area contributed by atoms with E-state index >= 15 is 0 Å². The van der Waals surface area contributed by atoms with Crippen molar-refractivity contribution in [3.8, 4) is 0 Å². The summed E-state index contributed by atoms with van der Waals surface area (Å²) in [5, 5.41) is 0. The van der Waals surface area contributed by atoms with Crippen molar-refractivity contribution < 1.29 is 23.7 Å². The maximum atomic E-state index is 12.5. The molecular formula is C22H32O5. The van der Waals surface area contributed by atoms with Gasteiger partial charge in [0.1, 0.15) is 6.10 Å². The SMILES string of the molecule is CC=C(C)C(=O)OC1C=C2C(OC)OC(OC)C3CCC4C(C)(C)C1CC234. The standard InChI is InChI=1S/C22H32O5/c1-7-12(2)18(23)26-16-10-14-20(25-6)27-19(24-5)13-8-9-17-21(3,4)15(16)11-22(13,14)17/h7,10,13,15-17,19-20H,8-9,11H2,1-6H3. The van der Waals surface area contributed by atoms with E-state index in [0.29, 0.717) is 23.3 Å². The first-order chi connectivity index (χ1) is 12.8. The molecule has 5 nitrogen and oxygen atoms in total.